The minimum atomic E-state index is -1.18. The highest BCUT2D eigenvalue weighted by Crippen LogP contribution is 2.25. The van der Waals surface area contributed by atoms with Crippen molar-refractivity contribution in [1.29, 1.82) is 0 Å². The van der Waals surface area contributed by atoms with E-state index < -0.39 is 12.0 Å². The second kappa shape index (κ2) is 10.2. The summed E-state index contributed by atoms with van der Waals surface area (Å²) in [5, 5.41) is 13.4. The summed E-state index contributed by atoms with van der Waals surface area (Å²) >= 11 is 0.989. The molecule has 3 atom stereocenters. The Morgan fingerprint density at radius 3 is 2.38 bits per heavy atom. The molecule has 29 heavy (non-hydrogen) atoms. The highest BCUT2D eigenvalue weighted by molar-refractivity contribution is 7.11. The van der Waals surface area contributed by atoms with E-state index in [-0.39, 0.29) is 40.6 Å². The molecule has 8 heteroatoms. The number of aromatic carboxylic acids is 1. The largest absolute Gasteiger partial charge is 0.497 e. The Kier molecular flexibility index (Phi) is 7.90. The third-order valence-electron chi connectivity index (χ3n) is 5.10. The molecule has 0 fully saturated rings. The molecule has 0 aliphatic heterocycles. The molecule has 2 rings (SSSR count). The number of benzene rings is 1. The molecule has 0 saturated heterocycles. The van der Waals surface area contributed by atoms with Gasteiger partial charge in [0.2, 0.25) is 5.91 Å². The number of hydrogen-bond donors (Lipinski definition) is 2. The van der Waals surface area contributed by atoms with Gasteiger partial charge in [-0.25, -0.2) is 9.78 Å². The number of ether oxygens (including phenoxy) is 1. The molecule has 0 bridgehead atoms. The van der Waals surface area contributed by atoms with Crippen molar-refractivity contribution in [1.82, 2.24) is 10.3 Å². The van der Waals surface area contributed by atoms with Crippen LogP contribution in [0.15, 0.2) is 29.6 Å². The molecular weight excluding hydrogens is 392 g/mol. The summed E-state index contributed by atoms with van der Waals surface area (Å²) in [6.45, 7) is 5.92. The molecule has 0 spiro atoms. The zero-order valence-corrected chi connectivity index (χ0v) is 17.8. The Morgan fingerprint density at radius 2 is 1.86 bits per heavy atom. The number of aromatic nitrogens is 1. The van der Waals surface area contributed by atoms with Gasteiger partial charge in [0.15, 0.2) is 16.5 Å². The summed E-state index contributed by atoms with van der Waals surface area (Å²) in [4.78, 5) is 40.3. The van der Waals surface area contributed by atoms with Crippen LogP contribution in [0.2, 0.25) is 0 Å². The van der Waals surface area contributed by atoms with E-state index in [2.05, 4.69) is 10.3 Å². The lowest BCUT2D eigenvalue weighted by Gasteiger charge is -2.23. The van der Waals surface area contributed by atoms with Crippen molar-refractivity contribution in [3.63, 3.8) is 0 Å². The standard InChI is InChI=1S/C21H26N2O5S/c1-5-12(2)13(3)19(25)22-16(14-6-8-15(28-4)9-7-14)10-18(24)20-23-17(11-29-20)21(26)27/h6-9,11-13,16H,5,10H2,1-4H3,(H,22,25)(H,26,27)/t12-,13-,16+/m0/s1. The van der Waals surface area contributed by atoms with Crippen molar-refractivity contribution in [2.45, 2.75) is 39.7 Å². The second-order valence-electron chi connectivity index (χ2n) is 6.98. The van der Waals surface area contributed by atoms with E-state index in [0.717, 1.165) is 23.3 Å². The number of ketones is 1. The minimum absolute atomic E-state index is 0.0160. The molecule has 7 nitrogen and oxygen atoms in total. The number of methoxy groups -OCH3 is 1. The summed E-state index contributed by atoms with van der Waals surface area (Å²) in [6.07, 6.45) is 0.857. The monoisotopic (exact) mass is 418 g/mol. The second-order valence-corrected chi connectivity index (χ2v) is 7.84. The SMILES string of the molecule is CC[C@H](C)[C@H](C)C(=O)N[C@H](CC(=O)c1nc(C(=O)O)cs1)c1ccc(OC)cc1. The van der Waals surface area contributed by atoms with Crippen LogP contribution in [0.4, 0.5) is 0 Å². The zero-order chi connectivity index (χ0) is 21.6. The number of carboxylic acids is 1. The van der Waals surface area contributed by atoms with Gasteiger partial charge in [-0.15, -0.1) is 11.3 Å². The Labute approximate surface area is 174 Å². The quantitative estimate of drug-likeness (QED) is 0.566. The summed E-state index contributed by atoms with van der Waals surface area (Å²) in [5.74, 6) is -0.946. The van der Waals surface area contributed by atoms with Gasteiger partial charge in [-0.1, -0.05) is 39.3 Å². The van der Waals surface area contributed by atoms with Crippen LogP contribution >= 0.6 is 11.3 Å². The zero-order valence-electron chi connectivity index (χ0n) is 17.0. The predicted octanol–water partition coefficient (Wildman–Crippen LogP) is 3.96. The van der Waals surface area contributed by atoms with E-state index in [4.69, 9.17) is 9.84 Å². The molecular formula is C21H26N2O5S. The number of nitrogens with zero attached hydrogens (tertiary/aromatic N) is 1. The van der Waals surface area contributed by atoms with Crippen molar-refractivity contribution in [3.8, 4) is 5.75 Å². The van der Waals surface area contributed by atoms with Gasteiger partial charge in [0.1, 0.15) is 5.75 Å². The number of carbonyl (C=O) groups is 3. The first-order valence-electron chi connectivity index (χ1n) is 9.43. The van der Waals surface area contributed by atoms with Gasteiger partial charge in [-0.3, -0.25) is 9.59 Å². The number of carboxylic acid groups (broad SMARTS) is 1. The molecule has 2 aromatic rings. The van der Waals surface area contributed by atoms with Crippen molar-refractivity contribution in [3.05, 3.63) is 45.9 Å². The van der Waals surface area contributed by atoms with Crippen LogP contribution in [0.3, 0.4) is 0 Å². The number of nitrogens with one attached hydrogen (secondary N) is 1. The number of Topliss-reactive ketones (excluding diaryl/α,β-unsaturated/α-hetero) is 1. The van der Waals surface area contributed by atoms with Crippen molar-refractivity contribution >= 4 is 29.0 Å². The van der Waals surface area contributed by atoms with Crippen molar-refractivity contribution in [2.24, 2.45) is 11.8 Å². The highest BCUT2D eigenvalue weighted by atomic mass is 32.1. The Hall–Kier alpha value is -2.74. The number of amides is 1. The van der Waals surface area contributed by atoms with Crippen LogP contribution in [-0.2, 0) is 4.79 Å². The lowest BCUT2D eigenvalue weighted by Crippen LogP contribution is -2.36. The van der Waals surface area contributed by atoms with Crippen LogP contribution in [0.25, 0.3) is 0 Å². The van der Waals surface area contributed by atoms with Gasteiger partial charge >= 0.3 is 5.97 Å². The Morgan fingerprint density at radius 1 is 1.21 bits per heavy atom. The van der Waals surface area contributed by atoms with Gasteiger partial charge in [0.25, 0.3) is 0 Å². The van der Waals surface area contributed by atoms with Crippen LogP contribution in [0, 0.1) is 11.8 Å². The van der Waals surface area contributed by atoms with Crippen LogP contribution < -0.4 is 10.1 Å². The molecule has 1 heterocycles. The molecule has 2 N–H and O–H groups in total. The van der Waals surface area contributed by atoms with E-state index >= 15 is 0 Å². The fourth-order valence-electron chi connectivity index (χ4n) is 2.78. The third-order valence-corrected chi connectivity index (χ3v) is 5.98. The molecule has 1 aromatic carbocycles. The van der Waals surface area contributed by atoms with Crippen LogP contribution in [-0.4, -0.2) is 34.9 Å². The average Bonchev–Trinajstić information content (AvgIpc) is 3.23. The summed E-state index contributed by atoms with van der Waals surface area (Å²) in [6, 6.07) is 6.58. The lowest BCUT2D eigenvalue weighted by molar-refractivity contribution is -0.126. The van der Waals surface area contributed by atoms with E-state index in [1.54, 1.807) is 31.4 Å². The van der Waals surface area contributed by atoms with Crippen molar-refractivity contribution < 1.29 is 24.2 Å². The number of thiazole rings is 1. The fourth-order valence-corrected chi connectivity index (χ4v) is 3.52. The maximum atomic E-state index is 12.7. The lowest BCUT2D eigenvalue weighted by atomic mass is 9.92. The first-order chi connectivity index (χ1) is 13.8. The number of hydrogen-bond acceptors (Lipinski definition) is 6. The smallest absolute Gasteiger partial charge is 0.355 e. The molecule has 1 amide bonds. The van der Waals surface area contributed by atoms with E-state index in [9.17, 15) is 14.4 Å². The highest BCUT2D eigenvalue weighted by Gasteiger charge is 2.26. The van der Waals surface area contributed by atoms with Crippen LogP contribution in [0.1, 0.15) is 65.5 Å². The topological polar surface area (TPSA) is 106 Å². The normalized spacial score (nSPS) is 13.9. The van der Waals surface area contributed by atoms with E-state index in [1.807, 2.05) is 20.8 Å². The Balaban J connectivity index is 2.24. The average molecular weight is 419 g/mol. The fraction of sp³-hybridized carbons (Fsp3) is 0.429. The third kappa shape index (κ3) is 5.87. The number of carbonyl (C=O) groups excluding carboxylic acids is 2. The van der Waals surface area contributed by atoms with Gasteiger partial charge in [0, 0.05) is 17.7 Å². The van der Waals surface area contributed by atoms with Gasteiger partial charge in [-0.2, -0.15) is 0 Å². The first kappa shape index (κ1) is 22.5. The van der Waals surface area contributed by atoms with Gasteiger partial charge < -0.3 is 15.2 Å². The minimum Gasteiger partial charge on any atom is -0.497 e. The summed E-state index contributed by atoms with van der Waals surface area (Å²) in [5.41, 5.74) is 0.604. The molecule has 0 aliphatic rings. The maximum Gasteiger partial charge on any atom is 0.355 e. The molecule has 0 aliphatic carbocycles. The summed E-state index contributed by atoms with van der Waals surface area (Å²) < 4.78 is 5.17. The summed E-state index contributed by atoms with van der Waals surface area (Å²) in [7, 11) is 1.56. The van der Waals surface area contributed by atoms with E-state index in [0.29, 0.717) is 5.75 Å². The molecule has 0 radical (unpaired) electrons. The maximum absolute atomic E-state index is 12.7. The molecule has 156 valence electrons. The molecule has 0 unspecified atom stereocenters. The van der Waals surface area contributed by atoms with Gasteiger partial charge in [0.05, 0.1) is 13.2 Å². The Bertz CT molecular complexity index is 862. The molecule has 1 aromatic heterocycles. The molecule has 0 saturated carbocycles. The van der Waals surface area contributed by atoms with Gasteiger partial charge in [-0.05, 0) is 23.6 Å². The first-order valence-corrected chi connectivity index (χ1v) is 10.3. The van der Waals surface area contributed by atoms with E-state index in [1.165, 1.54) is 5.38 Å². The predicted molar refractivity (Wildman–Crippen MR) is 111 cm³/mol. The van der Waals surface area contributed by atoms with Crippen LogP contribution in [0.5, 0.6) is 5.75 Å². The number of rotatable bonds is 10. The van der Waals surface area contributed by atoms with Crippen molar-refractivity contribution in [2.75, 3.05) is 7.11 Å².